The first-order valence-electron chi connectivity index (χ1n) is 8.10. The summed E-state index contributed by atoms with van der Waals surface area (Å²) in [5, 5.41) is 0. The van der Waals surface area contributed by atoms with Crippen LogP contribution in [0.3, 0.4) is 0 Å². The van der Waals surface area contributed by atoms with E-state index in [2.05, 4.69) is 30.1 Å². The summed E-state index contributed by atoms with van der Waals surface area (Å²) in [7, 11) is 3.96. The lowest BCUT2D eigenvalue weighted by atomic mass is 9.76. The van der Waals surface area contributed by atoms with Gasteiger partial charge in [0.1, 0.15) is 5.75 Å². The molecule has 0 amide bonds. The van der Waals surface area contributed by atoms with Crippen LogP contribution in [-0.2, 0) is 12.8 Å². The Morgan fingerprint density at radius 3 is 3.04 bits per heavy atom. The van der Waals surface area contributed by atoms with Crippen molar-refractivity contribution in [1.29, 1.82) is 0 Å². The number of fused-ring (bicyclic) bond motifs is 4. The Morgan fingerprint density at radius 1 is 1.26 bits per heavy atom. The molecule has 0 fully saturated rings. The maximum Gasteiger partial charge on any atom is 0.231 e. The fraction of sp³-hybridized carbons (Fsp3) is 0.368. The van der Waals surface area contributed by atoms with Crippen molar-refractivity contribution in [3.8, 4) is 28.4 Å². The summed E-state index contributed by atoms with van der Waals surface area (Å²) in [6, 6.07) is 8.86. The van der Waals surface area contributed by atoms with Crippen molar-refractivity contribution in [1.82, 2.24) is 4.90 Å². The van der Waals surface area contributed by atoms with E-state index in [-0.39, 0.29) is 0 Å². The summed E-state index contributed by atoms with van der Waals surface area (Å²) in [6.07, 6.45) is 2.04. The SMILES string of the molecule is COc1cccc2c1C[C@@H]1c3c(cc4c(c3-2)OCO4)CCN1C. The van der Waals surface area contributed by atoms with Crippen LogP contribution in [0.5, 0.6) is 17.2 Å². The van der Waals surface area contributed by atoms with Crippen LogP contribution < -0.4 is 14.2 Å². The molecule has 0 bridgehead atoms. The highest BCUT2D eigenvalue weighted by Gasteiger charge is 2.38. The molecular weight excluding hydrogens is 290 g/mol. The van der Waals surface area contributed by atoms with E-state index in [1.54, 1.807) is 7.11 Å². The molecule has 0 aromatic heterocycles. The molecule has 4 heteroatoms. The van der Waals surface area contributed by atoms with Gasteiger partial charge < -0.3 is 14.2 Å². The van der Waals surface area contributed by atoms with Gasteiger partial charge in [-0.05, 0) is 48.7 Å². The molecule has 1 atom stereocenters. The Balaban J connectivity index is 1.87. The van der Waals surface area contributed by atoms with Crippen LogP contribution in [0.15, 0.2) is 24.3 Å². The Labute approximate surface area is 135 Å². The topological polar surface area (TPSA) is 30.9 Å². The quantitative estimate of drug-likeness (QED) is 0.809. The summed E-state index contributed by atoms with van der Waals surface area (Å²) in [4.78, 5) is 2.45. The largest absolute Gasteiger partial charge is 0.496 e. The first-order chi connectivity index (χ1) is 11.3. The zero-order valence-corrected chi connectivity index (χ0v) is 13.4. The van der Waals surface area contributed by atoms with Crippen LogP contribution in [0.25, 0.3) is 11.1 Å². The third-order valence-corrected chi connectivity index (χ3v) is 5.41. The Hall–Kier alpha value is -2.20. The molecule has 2 heterocycles. The summed E-state index contributed by atoms with van der Waals surface area (Å²) in [5.74, 6) is 2.75. The van der Waals surface area contributed by atoms with Crippen molar-refractivity contribution in [2.24, 2.45) is 0 Å². The third kappa shape index (κ3) is 1.70. The average molecular weight is 309 g/mol. The predicted octanol–water partition coefficient (Wildman–Crippen LogP) is 3.18. The van der Waals surface area contributed by atoms with Crippen LogP contribution in [0.2, 0.25) is 0 Å². The lowest BCUT2D eigenvalue weighted by Crippen LogP contribution is -2.35. The minimum atomic E-state index is 0.311. The molecule has 2 aromatic rings. The van der Waals surface area contributed by atoms with Crippen molar-refractivity contribution in [3.05, 3.63) is 41.0 Å². The van der Waals surface area contributed by atoms with E-state index in [9.17, 15) is 0 Å². The highest BCUT2D eigenvalue weighted by atomic mass is 16.7. The molecule has 1 aliphatic carbocycles. The van der Waals surface area contributed by atoms with E-state index in [0.717, 1.165) is 36.6 Å². The molecule has 0 saturated heterocycles. The standard InChI is InChI=1S/C19H19NO3/c1-20-7-6-11-8-16-19(23-10-22-16)18-12-4-3-5-15(21-2)13(12)9-14(20)17(11)18/h3-5,8,14H,6-7,9-10H2,1-2H3/t14-/m1/s1. The van der Waals surface area contributed by atoms with Gasteiger partial charge in [-0.1, -0.05) is 12.1 Å². The first kappa shape index (κ1) is 13.3. The zero-order chi connectivity index (χ0) is 15.6. The minimum absolute atomic E-state index is 0.311. The second-order valence-corrected chi connectivity index (χ2v) is 6.50. The van der Waals surface area contributed by atoms with Gasteiger partial charge >= 0.3 is 0 Å². The molecule has 0 radical (unpaired) electrons. The lowest BCUT2D eigenvalue weighted by Gasteiger charge is -2.40. The maximum atomic E-state index is 5.85. The van der Waals surface area contributed by atoms with Gasteiger partial charge in [0.15, 0.2) is 11.5 Å². The van der Waals surface area contributed by atoms with E-state index >= 15 is 0 Å². The van der Waals surface area contributed by atoms with Crippen molar-refractivity contribution in [2.45, 2.75) is 18.9 Å². The molecule has 0 saturated carbocycles. The molecule has 2 aliphatic heterocycles. The van der Waals surface area contributed by atoms with Gasteiger partial charge in [-0.2, -0.15) is 0 Å². The Kier molecular flexibility index (Phi) is 2.68. The molecule has 3 aliphatic rings. The second kappa shape index (κ2) is 4.65. The number of rotatable bonds is 1. The fourth-order valence-corrected chi connectivity index (χ4v) is 4.29. The third-order valence-electron chi connectivity index (χ3n) is 5.41. The summed E-state index contributed by atoms with van der Waals surface area (Å²) in [5.41, 5.74) is 6.54. The van der Waals surface area contributed by atoms with Gasteiger partial charge in [0.2, 0.25) is 6.79 Å². The Morgan fingerprint density at radius 2 is 2.17 bits per heavy atom. The molecule has 0 spiro atoms. The maximum absolute atomic E-state index is 5.85. The van der Waals surface area contributed by atoms with Gasteiger partial charge in [-0.15, -0.1) is 0 Å². The van der Waals surface area contributed by atoms with E-state index in [1.165, 1.54) is 27.8 Å². The van der Waals surface area contributed by atoms with E-state index in [0.29, 0.717) is 12.8 Å². The molecule has 118 valence electrons. The number of methoxy groups -OCH3 is 1. The number of ether oxygens (including phenoxy) is 3. The molecule has 23 heavy (non-hydrogen) atoms. The Bertz CT molecular complexity index is 815. The van der Waals surface area contributed by atoms with Crippen LogP contribution >= 0.6 is 0 Å². The van der Waals surface area contributed by atoms with Crippen molar-refractivity contribution >= 4 is 0 Å². The van der Waals surface area contributed by atoms with Crippen molar-refractivity contribution in [2.75, 3.05) is 27.5 Å². The lowest BCUT2D eigenvalue weighted by molar-refractivity contribution is 0.174. The molecule has 5 rings (SSSR count). The highest BCUT2D eigenvalue weighted by molar-refractivity contribution is 5.85. The smallest absolute Gasteiger partial charge is 0.231 e. The minimum Gasteiger partial charge on any atom is -0.496 e. The number of likely N-dealkylation sites (N-methyl/N-ethyl adjacent to an activating group) is 1. The fourth-order valence-electron chi connectivity index (χ4n) is 4.29. The van der Waals surface area contributed by atoms with Gasteiger partial charge in [0.05, 0.1) is 7.11 Å². The monoisotopic (exact) mass is 309 g/mol. The number of benzene rings is 2. The summed E-state index contributed by atoms with van der Waals surface area (Å²) >= 11 is 0. The van der Waals surface area contributed by atoms with Crippen LogP contribution in [-0.4, -0.2) is 32.4 Å². The highest BCUT2D eigenvalue weighted by Crippen LogP contribution is 2.54. The molecular formula is C19H19NO3. The van der Waals surface area contributed by atoms with Gasteiger partial charge in [-0.25, -0.2) is 0 Å². The van der Waals surface area contributed by atoms with Gasteiger partial charge in [0.25, 0.3) is 0 Å². The molecule has 2 aromatic carbocycles. The van der Waals surface area contributed by atoms with Crippen LogP contribution in [0.1, 0.15) is 22.7 Å². The van der Waals surface area contributed by atoms with Crippen LogP contribution in [0, 0.1) is 0 Å². The van der Waals surface area contributed by atoms with E-state index < -0.39 is 0 Å². The molecule has 0 unspecified atom stereocenters. The summed E-state index contributed by atoms with van der Waals surface area (Å²) < 4.78 is 17.2. The average Bonchev–Trinajstić information content (AvgIpc) is 3.05. The summed E-state index contributed by atoms with van der Waals surface area (Å²) in [6.45, 7) is 1.38. The number of hydrogen-bond acceptors (Lipinski definition) is 4. The van der Waals surface area contributed by atoms with Gasteiger partial charge in [-0.3, -0.25) is 4.90 Å². The van der Waals surface area contributed by atoms with E-state index in [1.807, 2.05) is 6.07 Å². The van der Waals surface area contributed by atoms with Crippen LogP contribution in [0.4, 0.5) is 0 Å². The molecule has 0 N–H and O–H groups in total. The normalized spacial score (nSPS) is 20.9. The van der Waals surface area contributed by atoms with Crippen molar-refractivity contribution in [3.63, 3.8) is 0 Å². The van der Waals surface area contributed by atoms with Crippen molar-refractivity contribution < 1.29 is 14.2 Å². The van der Waals surface area contributed by atoms with Gasteiger partial charge in [0, 0.05) is 23.7 Å². The number of nitrogens with zero attached hydrogens (tertiary/aromatic N) is 1. The molecule has 4 nitrogen and oxygen atoms in total. The predicted molar refractivity (Wildman–Crippen MR) is 87.3 cm³/mol. The van der Waals surface area contributed by atoms with E-state index in [4.69, 9.17) is 14.2 Å². The first-order valence-corrected chi connectivity index (χ1v) is 8.10. The zero-order valence-electron chi connectivity index (χ0n) is 13.4. The number of hydrogen-bond donors (Lipinski definition) is 0. The second-order valence-electron chi connectivity index (χ2n) is 6.50.